The number of hydrogen-bond acceptors (Lipinski definition) is 3. The Morgan fingerprint density at radius 2 is 1.68 bits per heavy atom. The predicted molar refractivity (Wildman–Crippen MR) is 74.9 cm³/mol. The molecule has 1 unspecified atom stereocenters. The number of halogens is 1. The van der Waals surface area contributed by atoms with E-state index < -0.39 is 6.10 Å². The van der Waals surface area contributed by atoms with E-state index in [0.29, 0.717) is 22.1 Å². The van der Waals surface area contributed by atoms with Crippen LogP contribution in [0.15, 0.2) is 48.5 Å². The van der Waals surface area contributed by atoms with Gasteiger partial charge in [0.15, 0.2) is 11.5 Å². The van der Waals surface area contributed by atoms with Crippen molar-refractivity contribution in [1.82, 2.24) is 0 Å². The van der Waals surface area contributed by atoms with Crippen molar-refractivity contribution in [1.29, 1.82) is 0 Å². The summed E-state index contributed by atoms with van der Waals surface area (Å²) in [7, 11) is 1.58. The van der Waals surface area contributed by atoms with Gasteiger partial charge in [0.25, 0.3) is 0 Å². The lowest BCUT2D eigenvalue weighted by molar-refractivity contribution is 0.106. The number of benzene rings is 2. The van der Waals surface area contributed by atoms with Crippen LogP contribution in [0, 0.1) is 0 Å². The Labute approximate surface area is 117 Å². The van der Waals surface area contributed by atoms with Gasteiger partial charge in [0.1, 0.15) is 12.7 Å². The molecule has 4 heteroatoms. The van der Waals surface area contributed by atoms with Crippen molar-refractivity contribution in [3.05, 3.63) is 59.1 Å². The van der Waals surface area contributed by atoms with Gasteiger partial charge >= 0.3 is 0 Å². The Balaban J connectivity index is 2.04. The fourth-order valence-corrected chi connectivity index (χ4v) is 2.00. The highest BCUT2D eigenvalue weighted by molar-refractivity contribution is 6.31. The summed E-state index contributed by atoms with van der Waals surface area (Å²) in [5.74, 6) is 1.23. The highest BCUT2D eigenvalue weighted by atomic mass is 35.5. The third kappa shape index (κ3) is 3.40. The van der Waals surface area contributed by atoms with Crippen molar-refractivity contribution in [2.75, 3.05) is 13.7 Å². The summed E-state index contributed by atoms with van der Waals surface area (Å²) in [5, 5.41) is 10.6. The van der Waals surface area contributed by atoms with Gasteiger partial charge in [-0.2, -0.15) is 0 Å². The molecule has 0 fully saturated rings. The second-order valence-corrected chi connectivity index (χ2v) is 4.41. The molecule has 0 aliphatic carbocycles. The van der Waals surface area contributed by atoms with Crippen LogP contribution in [0.4, 0.5) is 0 Å². The van der Waals surface area contributed by atoms with Crippen LogP contribution in [-0.4, -0.2) is 18.8 Å². The third-order valence-electron chi connectivity index (χ3n) is 2.73. The van der Waals surface area contributed by atoms with Crippen molar-refractivity contribution in [3.8, 4) is 11.5 Å². The second-order valence-electron chi connectivity index (χ2n) is 4.00. The van der Waals surface area contributed by atoms with Gasteiger partial charge in [-0.1, -0.05) is 41.9 Å². The van der Waals surface area contributed by atoms with Crippen molar-refractivity contribution in [3.63, 3.8) is 0 Å². The zero-order chi connectivity index (χ0) is 13.7. The van der Waals surface area contributed by atoms with E-state index >= 15 is 0 Å². The molecule has 0 radical (unpaired) electrons. The first-order valence-corrected chi connectivity index (χ1v) is 6.28. The van der Waals surface area contributed by atoms with Crippen molar-refractivity contribution in [2.45, 2.75) is 6.10 Å². The maximum absolute atomic E-state index is 10.1. The molecule has 0 amide bonds. The summed E-state index contributed by atoms with van der Waals surface area (Å²) in [6, 6.07) is 14.5. The molecule has 2 rings (SSSR count). The van der Waals surface area contributed by atoms with Crippen LogP contribution in [0.1, 0.15) is 11.7 Å². The molecule has 2 aromatic rings. The average molecular weight is 279 g/mol. The molecule has 0 aromatic heterocycles. The molecule has 0 aliphatic rings. The highest BCUT2D eigenvalue weighted by Gasteiger charge is 2.13. The first-order chi connectivity index (χ1) is 9.22. The third-order valence-corrected chi connectivity index (χ3v) is 3.07. The van der Waals surface area contributed by atoms with Crippen LogP contribution in [0.3, 0.4) is 0 Å². The SMILES string of the molecule is COc1ccccc1OCC(O)c1ccccc1Cl. The molecule has 0 heterocycles. The lowest BCUT2D eigenvalue weighted by atomic mass is 10.1. The summed E-state index contributed by atoms with van der Waals surface area (Å²) >= 11 is 6.02. The summed E-state index contributed by atoms with van der Waals surface area (Å²) < 4.78 is 10.7. The Bertz CT molecular complexity index is 542. The lowest BCUT2D eigenvalue weighted by Gasteiger charge is -2.15. The fourth-order valence-electron chi connectivity index (χ4n) is 1.74. The van der Waals surface area contributed by atoms with Gasteiger partial charge in [0, 0.05) is 10.6 Å². The molecular weight excluding hydrogens is 264 g/mol. The number of hydrogen-bond donors (Lipinski definition) is 1. The first kappa shape index (κ1) is 13.7. The Kier molecular flexibility index (Phi) is 4.66. The van der Waals surface area contributed by atoms with Gasteiger partial charge in [0.05, 0.1) is 7.11 Å². The van der Waals surface area contributed by atoms with Gasteiger partial charge in [-0.3, -0.25) is 0 Å². The highest BCUT2D eigenvalue weighted by Crippen LogP contribution is 2.28. The van der Waals surface area contributed by atoms with E-state index in [9.17, 15) is 5.11 Å². The minimum Gasteiger partial charge on any atom is -0.493 e. The van der Waals surface area contributed by atoms with Gasteiger partial charge in [-0.05, 0) is 18.2 Å². The standard InChI is InChI=1S/C15H15ClO3/c1-18-14-8-4-5-9-15(14)19-10-13(17)11-6-2-3-7-12(11)16/h2-9,13,17H,10H2,1H3. The summed E-state index contributed by atoms with van der Waals surface area (Å²) in [6.07, 6.45) is -0.779. The number of aliphatic hydroxyl groups is 1. The number of para-hydroxylation sites is 2. The summed E-state index contributed by atoms with van der Waals surface area (Å²) in [6.45, 7) is 0.115. The zero-order valence-corrected chi connectivity index (χ0v) is 11.3. The summed E-state index contributed by atoms with van der Waals surface area (Å²) in [5.41, 5.74) is 0.652. The average Bonchev–Trinajstić information content (AvgIpc) is 2.45. The molecule has 1 N–H and O–H groups in total. The minimum atomic E-state index is -0.779. The molecule has 0 saturated carbocycles. The number of ether oxygens (including phenoxy) is 2. The fraction of sp³-hybridized carbons (Fsp3) is 0.200. The molecule has 0 aliphatic heterocycles. The molecule has 2 aromatic carbocycles. The van der Waals surface area contributed by atoms with E-state index in [1.165, 1.54) is 0 Å². The van der Waals surface area contributed by atoms with Gasteiger partial charge in [-0.15, -0.1) is 0 Å². The van der Waals surface area contributed by atoms with Crippen molar-refractivity contribution >= 4 is 11.6 Å². The maximum Gasteiger partial charge on any atom is 0.161 e. The van der Waals surface area contributed by atoms with E-state index in [0.717, 1.165) is 0 Å². The molecule has 19 heavy (non-hydrogen) atoms. The maximum atomic E-state index is 10.1. The quantitative estimate of drug-likeness (QED) is 0.910. The van der Waals surface area contributed by atoms with Gasteiger partial charge in [0.2, 0.25) is 0 Å². The van der Waals surface area contributed by atoms with Gasteiger partial charge in [-0.25, -0.2) is 0 Å². The van der Waals surface area contributed by atoms with Crippen LogP contribution in [0.25, 0.3) is 0 Å². The molecule has 0 spiro atoms. The van der Waals surface area contributed by atoms with E-state index in [2.05, 4.69) is 0 Å². The van der Waals surface area contributed by atoms with Crippen molar-refractivity contribution in [2.24, 2.45) is 0 Å². The molecular formula is C15H15ClO3. The van der Waals surface area contributed by atoms with E-state index in [4.69, 9.17) is 21.1 Å². The topological polar surface area (TPSA) is 38.7 Å². The number of aliphatic hydroxyl groups excluding tert-OH is 1. The molecule has 0 saturated heterocycles. The molecule has 1 atom stereocenters. The van der Waals surface area contributed by atoms with Crippen LogP contribution >= 0.6 is 11.6 Å². The monoisotopic (exact) mass is 278 g/mol. The summed E-state index contributed by atoms with van der Waals surface area (Å²) in [4.78, 5) is 0. The first-order valence-electron chi connectivity index (χ1n) is 5.90. The lowest BCUT2D eigenvalue weighted by Crippen LogP contribution is -2.10. The predicted octanol–water partition coefficient (Wildman–Crippen LogP) is 3.46. The van der Waals surface area contributed by atoms with E-state index in [1.807, 2.05) is 24.3 Å². The Morgan fingerprint density at radius 1 is 1.05 bits per heavy atom. The van der Waals surface area contributed by atoms with Crippen LogP contribution in [0.5, 0.6) is 11.5 Å². The van der Waals surface area contributed by atoms with Crippen LogP contribution in [0.2, 0.25) is 5.02 Å². The molecule has 0 bridgehead atoms. The van der Waals surface area contributed by atoms with Crippen LogP contribution < -0.4 is 9.47 Å². The largest absolute Gasteiger partial charge is 0.493 e. The number of methoxy groups -OCH3 is 1. The Morgan fingerprint density at radius 3 is 2.37 bits per heavy atom. The normalized spacial score (nSPS) is 11.9. The number of rotatable bonds is 5. The van der Waals surface area contributed by atoms with E-state index in [-0.39, 0.29) is 6.61 Å². The van der Waals surface area contributed by atoms with Crippen LogP contribution in [-0.2, 0) is 0 Å². The smallest absolute Gasteiger partial charge is 0.161 e. The molecule has 3 nitrogen and oxygen atoms in total. The minimum absolute atomic E-state index is 0.115. The zero-order valence-electron chi connectivity index (χ0n) is 10.5. The molecule has 100 valence electrons. The Hall–Kier alpha value is -1.71. The van der Waals surface area contributed by atoms with Gasteiger partial charge < -0.3 is 14.6 Å². The van der Waals surface area contributed by atoms with Crippen molar-refractivity contribution < 1.29 is 14.6 Å². The van der Waals surface area contributed by atoms with E-state index in [1.54, 1.807) is 31.4 Å². The second kappa shape index (κ2) is 6.45.